The quantitative estimate of drug-likeness (QED) is 0.716. The summed E-state index contributed by atoms with van der Waals surface area (Å²) in [4.78, 5) is 12.2. The summed E-state index contributed by atoms with van der Waals surface area (Å²) < 4.78 is 0. The van der Waals surface area contributed by atoms with Gasteiger partial charge in [-0.05, 0) is 45.3 Å². The van der Waals surface area contributed by atoms with Crippen LogP contribution < -0.4 is 0 Å². The number of nitrogens with zero attached hydrogens (tertiary/aromatic N) is 2. The molecule has 1 saturated heterocycles. The first-order chi connectivity index (χ1) is 10.2. The van der Waals surface area contributed by atoms with Gasteiger partial charge in [0.15, 0.2) is 11.6 Å². The lowest BCUT2D eigenvalue weighted by molar-refractivity contribution is -0.181. The molecule has 0 aromatic rings. The van der Waals surface area contributed by atoms with Crippen molar-refractivity contribution in [3.05, 3.63) is 34.9 Å². The van der Waals surface area contributed by atoms with E-state index in [9.17, 15) is 20.3 Å². The van der Waals surface area contributed by atoms with E-state index in [1.54, 1.807) is 33.8 Å². The molecule has 1 fully saturated rings. The van der Waals surface area contributed by atoms with Crippen LogP contribution >= 0.6 is 0 Å². The monoisotopic (exact) mass is 321 g/mol. The summed E-state index contributed by atoms with van der Waals surface area (Å²) in [5, 5.41) is 34.9. The normalized spacial score (nSPS) is 27.3. The number of carbonyl (C=O) groups is 1. The summed E-state index contributed by atoms with van der Waals surface area (Å²) in [6.07, 6.45) is 2.81. The van der Waals surface area contributed by atoms with Crippen molar-refractivity contribution < 1.29 is 20.3 Å². The van der Waals surface area contributed by atoms with Crippen molar-refractivity contribution in [2.75, 3.05) is 0 Å². The SMILES string of the molecule is CC(C)(C)C1=CC(=C2N([O])C(C)(C)C(C)(C)N2O)C=C(O)C1=O. The van der Waals surface area contributed by atoms with Gasteiger partial charge in [0.2, 0.25) is 5.78 Å². The Balaban J connectivity index is 2.70. The average molecular weight is 321 g/mol. The first-order valence-electron chi connectivity index (χ1n) is 7.61. The molecule has 127 valence electrons. The number of hydroxylamine groups is 4. The van der Waals surface area contributed by atoms with Crippen molar-refractivity contribution in [1.82, 2.24) is 10.1 Å². The van der Waals surface area contributed by atoms with Gasteiger partial charge in [-0.15, -0.1) is 0 Å². The molecular weight excluding hydrogens is 296 g/mol. The molecular formula is C17H25N2O4. The summed E-state index contributed by atoms with van der Waals surface area (Å²) in [5.74, 6) is -0.856. The Morgan fingerprint density at radius 2 is 1.57 bits per heavy atom. The van der Waals surface area contributed by atoms with Gasteiger partial charge in [-0.25, -0.2) is 5.06 Å². The maximum Gasteiger partial charge on any atom is 0.223 e. The molecule has 1 aliphatic heterocycles. The number of hydrogen-bond acceptors (Lipinski definition) is 5. The standard InChI is InChI=1S/C17H25N2O4/c1-15(2,3)11-8-10(9-12(20)13(11)21)14-18(22)16(4,5)17(6,7)19(14)23/h8-9,20,22H,1-7H3. The molecule has 6 nitrogen and oxygen atoms in total. The van der Waals surface area contributed by atoms with Crippen molar-refractivity contribution in [3.8, 4) is 0 Å². The zero-order chi connectivity index (χ0) is 18.0. The largest absolute Gasteiger partial charge is 0.504 e. The Morgan fingerprint density at radius 3 is 1.96 bits per heavy atom. The van der Waals surface area contributed by atoms with Crippen LogP contribution in [0.15, 0.2) is 34.9 Å². The Bertz CT molecular complexity index is 626. The van der Waals surface area contributed by atoms with E-state index in [2.05, 4.69) is 0 Å². The van der Waals surface area contributed by atoms with E-state index in [0.717, 1.165) is 10.1 Å². The van der Waals surface area contributed by atoms with Gasteiger partial charge in [-0.2, -0.15) is 5.06 Å². The fourth-order valence-electron chi connectivity index (χ4n) is 2.66. The maximum atomic E-state index is 12.7. The van der Waals surface area contributed by atoms with E-state index in [0.29, 0.717) is 11.1 Å². The molecule has 0 saturated carbocycles. The smallest absolute Gasteiger partial charge is 0.223 e. The number of aliphatic hydroxyl groups excluding tert-OH is 1. The van der Waals surface area contributed by atoms with E-state index in [1.165, 1.54) is 6.08 Å². The van der Waals surface area contributed by atoms with Gasteiger partial charge in [0.25, 0.3) is 0 Å². The van der Waals surface area contributed by atoms with E-state index in [1.807, 2.05) is 20.8 Å². The molecule has 1 heterocycles. The molecule has 0 amide bonds. The van der Waals surface area contributed by atoms with Crippen molar-refractivity contribution in [1.29, 1.82) is 0 Å². The molecule has 0 aromatic heterocycles. The second-order valence-electron chi connectivity index (χ2n) is 8.17. The average Bonchev–Trinajstić information content (AvgIpc) is 2.51. The molecule has 23 heavy (non-hydrogen) atoms. The van der Waals surface area contributed by atoms with Gasteiger partial charge in [0.1, 0.15) is 0 Å². The number of hydrogen-bond donors (Lipinski definition) is 2. The fraction of sp³-hybridized carbons (Fsp3) is 0.588. The van der Waals surface area contributed by atoms with Gasteiger partial charge < -0.3 is 5.11 Å². The van der Waals surface area contributed by atoms with Crippen LogP contribution in [0.1, 0.15) is 48.5 Å². The summed E-state index contributed by atoms with van der Waals surface area (Å²) >= 11 is 0. The minimum absolute atomic E-state index is 0.0285. The van der Waals surface area contributed by atoms with E-state index < -0.39 is 28.0 Å². The molecule has 0 spiro atoms. The summed E-state index contributed by atoms with van der Waals surface area (Å²) in [7, 11) is 0. The number of aliphatic hydroxyl groups is 1. The van der Waals surface area contributed by atoms with Gasteiger partial charge in [0.05, 0.1) is 11.1 Å². The second-order valence-corrected chi connectivity index (χ2v) is 8.17. The molecule has 0 aromatic carbocycles. The van der Waals surface area contributed by atoms with Crippen LogP contribution in [0.4, 0.5) is 0 Å². The van der Waals surface area contributed by atoms with Crippen molar-refractivity contribution in [3.63, 3.8) is 0 Å². The first kappa shape index (κ1) is 17.6. The van der Waals surface area contributed by atoms with Crippen molar-refractivity contribution in [2.24, 2.45) is 5.41 Å². The third kappa shape index (κ3) is 2.37. The Labute approximate surface area is 136 Å². The van der Waals surface area contributed by atoms with Gasteiger partial charge in [0, 0.05) is 11.1 Å². The predicted molar refractivity (Wildman–Crippen MR) is 84.6 cm³/mol. The van der Waals surface area contributed by atoms with Crippen molar-refractivity contribution in [2.45, 2.75) is 59.5 Å². The molecule has 2 rings (SSSR count). The zero-order valence-electron chi connectivity index (χ0n) is 14.8. The summed E-state index contributed by atoms with van der Waals surface area (Å²) in [5.41, 5.74) is -1.50. The molecule has 2 N–H and O–H groups in total. The zero-order valence-corrected chi connectivity index (χ0v) is 14.8. The predicted octanol–water partition coefficient (Wildman–Crippen LogP) is 3.10. The van der Waals surface area contributed by atoms with Crippen LogP contribution in [0.5, 0.6) is 0 Å². The summed E-state index contributed by atoms with van der Waals surface area (Å²) in [6, 6.07) is 0. The van der Waals surface area contributed by atoms with Crippen LogP contribution in [0.2, 0.25) is 0 Å². The van der Waals surface area contributed by atoms with Gasteiger partial charge in [-0.3, -0.25) is 10.0 Å². The third-order valence-corrected chi connectivity index (χ3v) is 5.06. The van der Waals surface area contributed by atoms with E-state index in [-0.39, 0.29) is 5.82 Å². The third-order valence-electron chi connectivity index (χ3n) is 5.06. The van der Waals surface area contributed by atoms with E-state index in [4.69, 9.17) is 0 Å². The molecule has 0 bridgehead atoms. The van der Waals surface area contributed by atoms with Crippen LogP contribution in [0, 0.1) is 5.41 Å². The number of allylic oxidation sites excluding steroid dienone is 4. The Hall–Kier alpha value is -1.79. The highest BCUT2D eigenvalue weighted by Gasteiger charge is 2.57. The second kappa shape index (κ2) is 4.85. The van der Waals surface area contributed by atoms with Gasteiger partial charge >= 0.3 is 0 Å². The van der Waals surface area contributed by atoms with Crippen LogP contribution in [0.25, 0.3) is 0 Å². The highest BCUT2D eigenvalue weighted by Crippen LogP contribution is 2.45. The first-order valence-corrected chi connectivity index (χ1v) is 7.61. The Morgan fingerprint density at radius 1 is 1.04 bits per heavy atom. The number of rotatable bonds is 0. The summed E-state index contributed by atoms with van der Waals surface area (Å²) in [6.45, 7) is 12.6. The maximum absolute atomic E-state index is 12.7. The Kier molecular flexibility index (Phi) is 3.70. The molecule has 6 heteroatoms. The fourth-order valence-corrected chi connectivity index (χ4v) is 2.66. The highest BCUT2D eigenvalue weighted by molar-refractivity contribution is 6.09. The highest BCUT2D eigenvalue weighted by atomic mass is 16.6. The lowest BCUT2D eigenvalue weighted by atomic mass is 9.80. The minimum atomic E-state index is -0.884. The minimum Gasteiger partial charge on any atom is -0.504 e. The lowest BCUT2D eigenvalue weighted by Crippen LogP contribution is -2.52. The number of carbonyl (C=O) groups excluding carboxylic acids is 1. The van der Waals surface area contributed by atoms with Gasteiger partial charge in [-0.1, -0.05) is 26.0 Å². The number of Topliss-reactive ketones (excluding diaryl/α,β-unsaturated/α-hetero) is 1. The topological polar surface area (TPSA) is 83.9 Å². The number of ketones is 1. The van der Waals surface area contributed by atoms with Crippen LogP contribution in [0.3, 0.4) is 0 Å². The van der Waals surface area contributed by atoms with E-state index >= 15 is 0 Å². The van der Waals surface area contributed by atoms with Crippen LogP contribution in [-0.2, 0) is 10.0 Å². The molecule has 0 unspecified atom stereocenters. The lowest BCUT2D eigenvalue weighted by Gasteiger charge is -2.36. The molecule has 1 radical (unpaired) electrons. The molecule has 1 aliphatic carbocycles. The molecule has 2 aliphatic rings. The molecule has 0 atom stereocenters. The van der Waals surface area contributed by atoms with Crippen molar-refractivity contribution >= 4 is 5.78 Å². The van der Waals surface area contributed by atoms with Crippen LogP contribution in [-0.4, -0.2) is 37.3 Å².